The molecule has 2 bridgehead atoms. The van der Waals surface area contributed by atoms with Crippen LogP contribution in [0, 0.1) is 0 Å². The van der Waals surface area contributed by atoms with Gasteiger partial charge in [-0.15, -0.1) is 0 Å². The van der Waals surface area contributed by atoms with Crippen molar-refractivity contribution < 1.29 is 4.74 Å². The number of fused-ring (bicyclic) bond motifs is 3. The van der Waals surface area contributed by atoms with E-state index in [0.717, 1.165) is 16.2 Å². The van der Waals surface area contributed by atoms with Crippen LogP contribution in [-0.2, 0) is 0 Å². The van der Waals surface area contributed by atoms with Crippen molar-refractivity contribution >= 4 is 28.1 Å². The highest BCUT2D eigenvalue weighted by atomic mass is 32.2. The van der Waals surface area contributed by atoms with Gasteiger partial charge in [0.1, 0.15) is 5.75 Å². The van der Waals surface area contributed by atoms with Crippen LogP contribution in [0.3, 0.4) is 0 Å². The zero-order chi connectivity index (χ0) is 14.2. The number of allylic oxidation sites excluding steroid dienone is 1. The Kier molecular flexibility index (Phi) is 3.42. The van der Waals surface area contributed by atoms with Gasteiger partial charge in [-0.25, -0.2) is 0 Å². The average molecular weight is 296 g/mol. The zero-order valence-electron chi connectivity index (χ0n) is 12.3. The lowest BCUT2D eigenvalue weighted by molar-refractivity contribution is 0.420. The Bertz CT molecular complexity index is 704. The van der Waals surface area contributed by atoms with Crippen molar-refractivity contribution in [1.82, 2.24) is 0 Å². The summed E-state index contributed by atoms with van der Waals surface area (Å²) in [7, 11) is 1.75. The highest BCUT2D eigenvalue weighted by Gasteiger charge is 2.27. The van der Waals surface area contributed by atoms with Crippen molar-refractivity contribution in [2.45, 2.75) is 36.2 Å². The molecule has 1 fully saturated rings. The molecule has 2 aromatic carbocycles. The third kappa shape index (κ3) is 2.36. The normalized spacial score (nSPS) is 24.7. The van der Waals surface area contributed by atoms with Crippen LogP contribution in [-0.4, -0.2) is 17.6 Å². The lowest BCUT2D eigenvalue weighted by Crippen LogP contribution is -2.21. The summed E-state index contributed by atoms with van der Waals surface area (Å²) in [5.41, 5.74) is 2.95. The van der Waals surface area contributed by atoms with Gasteiger partial charge in [-0.3, -0.25) is 0 Å². The summed E-state index contributed by atoms with van der Waals surface area (Å²) in [5.74, 6) is 0.973. The molecule has 2 unspecified atom stereocenters. The van der Waals surface area contributed by atoms with Crippen molar-refractivity contribution in [2.24, 2.45) is 0 Å². The molecule has 0 radical (unpaired) electrons. The molecule has 0 saturated carbocycles. The van der Waals surface area contributed by atoms with Crippen LogP contribution in [0.1, 0.15) is 31.2 Å². The summed E-state index contributed by atoms with van der Waals surface area (Å²) in [5, 5.41) is 4.10. The first-order chi connectivity index (χ1) is 10.3. The highest BCUT2D eigenvalue weighted by molar-refractivity contribution is 8.00. The molecule has 108 valence electrons. The molecule has 0 aliphatic carbocycles. The summed E-state index contributed by atoms with van der Waals surface area (Å²) in [6.45, 7) is 0. The summed E-state index contributed by atoms with van der Waals surface area (Å²) in [6.07, 6.45) is 7.87. The fourth-order valence-corrected chi connectivity index (χ4v) is 5.29. The second kappa shape index (κ2) is 5.42. The molecule has 0 N–H and O–H groups in total. The SMILES string of the molecule is COc1ccc(C2=CC3CCCC(C2)S3)c2ccccc12. The maximum Gasteiger partial charge on any atom is 0.126 e. The molecular weight excluding hydrogens is 276 g/mol. The van der Waals surface area contributed by atoms with Gasteiger partial charge in [-0.1, -0.05) is 42.8 Å². The molecule has 4 rings (SSSR count). The molecule has 0 aromatic heterocycles. The monoisotopic (exact) mass is 296 g/mol. The molecule has 2 heterocycles. The molecule has 2 atom stereocenters. The van der Waals surface area contributed by atoms with Crippen LogP contribution < -0.4 is 4.74 Å². The highest BCUT2D eigenvalue weighted by Crippen LogP contribution is 2.45. The Labute approximate surface area is 130 Å². The van der Waals surface area contributed by atoms with Crippen LogP contribution >= 0.6 is 11.8 Å². The summed E-state index contributed by atoms with van der Waals surface area (Å²) >= 11 is 2.18. The van der Waals surface area contributed by atoms with E-state index in [0.29, 0.717) is 0 Å². The van der Waals surface area contributed by atoms with Gasteiger partial charge in [0, 0.05) is 15.9 Å². The molecule has 1 nitrogen and oxygen atoms in total. The van der Waals surface area contributed by atoms with Crippen LogP contribution in [0.25, 0.3) is 16.3 Å². The van der Waals surface area contributed by atoms with Crippen molar-refractivity contribution in [3.8, 4) is 5.75 Å². The number of hydrogen-bond donors (Lipinski definition) is 0. The molecule has 2 aliphatic heterocycles. The zero-order valence-corrected chi connectivity index (χ0v) is 13.2. The second-order valence-electron chi connectivity index (χ2n) is 5.98. The van der Waals surface area contributed by atoms with E-state index in [1.165, 1.54) is 42.0 Å². The van der Waals surface area contributed by atoms with E-state index >= 15 is 0 Å². The molecule has 1 saturated heterocycles. The van der Waals surface area contributed by atoms with Gasteiger partial charge >= 0.3 is 0 Å². The maximum atomic E-state index is 5.52. The number of ether oxygens (including phenoxy) is 1. The van der Waals surface area contributed by atoms with Gasteiger partial charge in [-0.2, -0.15) is 11.8 Å². The Morgan fingerprint density at radius 1 is 1.05 bits per heavy atom. The number of thioether (sulfide) groups is 1. The molecule has 2 heteroatoms. The quantitative estimate of drug-likeness (QED) is 0.744. The lowest BCUT2D eigenvalue weighted by Gasteiger charge is -2.33. The van der Waals surface area contributed by atoms with Crippen LogP contribution in [0.5, 0.6) is 5.75 Å². The largest absolute Gasteiger partial charge is 0.496 e. The van der Waals surface area contributed by atoms with Crippen LogP contribution in [0.15, 0.2) is 42.5 Å². The molecule has 21 heavy (non-hydrogen) atoms. The van der Waals surface area contributed by atoms with E-state index in [1.807, 2.05) is 0 Å². The first-order valence-corrected chi connectivity index (χ1v) is 8.71. The van der Waals surface area contributed by atoms with Gasteiger partial charge < -0.3 is 4.74 Å². The predicted octanol–water partition coefficient (Wildman–Crippen LogP) is 5.29. The number of hydrogen-bond acceptors (Lipinski definition) is 2. The van der Waals surface area contributed by atoms with E-state index in [1.54, 1.807) is 12.7 Å². The molecule has 0 amide bonds. The van der Waals surface area contributed by atoms with Crippen molar-refractivity contribution in [2.75, 3.05) is 7.11 Å². The molecule has 2 aliphatic rings. The Morgan fingerprint density at radius 3 is 2.71 bits per heavy atom. The lowest BCUT2D eigenvalue weighted by atomic mass is 9.90. The first-order valence-electron chi connectivity index (χ1n) is 7.77. The van der Waals surface area contributed by atoms with Crippen LogP contribution in [0.2, 0.25) is 0 Å². The first kappa shape index (κ1) is 13.3. The van der Waals surface area contributed by atoms with Gasteiger partial charge in [0.15, 0.2) is 0 Å². The number of methoxy groups -OCH3 is 1. The standard InChI is InChI=1S/C19H20OS/c1-20-19-10-9-16(17-7-2-3-8-18(17)19)13-11-14-5-4-6-15(12-13)21-14/h2-3,7-11,14-15H,4-6,12H2,1H3. The Morgan fingerprint density at radius 2 is 1.90 bits per heavy atom. The van der Waals surface area contributed by atoms with E-state index in [9.17, 15) is 0 Å². The third-order valence-electron chi connectivity index (χ3n) is 4.67. The minimum Gasteiger partial charge on any atom is -0.496 e. The smallest absolute Gasteiger partial charge is 0.126 e. The number of rotatable bonds is 2. The fourth-order valence-electron chi connectivity index (χ4n) is 3.67. The van der Waals surface area contributed by atoms with Crippen LogP contribution in [0.4, 0.5) is 0 Å². The predicted molar refractivity (Wildman–Crippen MR) is 92.1 cm³/mol. The number of benzene rings is 2. The van der Waals surface area contributed by atoms with E-state index < -0.39 is 0 Å². The summed E-state index contributed by atoms with van der Waals surface area (Å²) in [6, 6.07) is 13.0. The summed E-state index contributed by atoms with van der Waals surface area (Å²) in [4.78, 5) is 0. The minimum absolute atomic E-state index is 0.730. The second-order valence-corrected chi connectivity index (χ2v) is 7.53. The maximum absolute atomic E-state index is 5.52. The van der Waals surface area contributed by atoms with Crippen molar-refractivity contribution in [3.05, 3.63) is 48.0 Å². The third-order valence-corrected chi connectivity index (χ3v) is 6.18. The van der Waals surface area contributed by atoms with Gasteiger partial charge in [0.2, 0.25) is 0 Å². The minimum atomic E-state index is 0.730. The topological polar surface area (TPSA) is 9.23 Å². The Hall–Kier alpha value is -1.41. The van der Waals surface area contributed by atoms with E-state index in [2.05, 4.69) is 54.2 Å². The van der Waals surface area contributed by atoms with E-state index in [4.69, 9.17) is 4.74 Å². The fraction of sp³-hybridized carbons (Fsp3) is 0.368. The molecule has 0 spiro atoms. The molecule has 2 aromatic rings. The Balaban J connectivity index is 1.85. The van der Waals surface area contributed by atoms with Crippen molar-refractivity contribution in [1.29, 1.82) is 0 Å². The van der Waals surface area contributed by atoms with E-state index in [-0.39, 0.29) is 0 Å². The van der Waals surface area contributed by atoms with Gasteiger partial charge in [-0.05, 0) is 41.9 Å². The molecular formula is C19H20OS. The van der Waals surface area contributed by atoms with Crippen molar-refractivity contribution in [3.63, 3.8) is 0 Å². The van der Waals surface area contributed by atoms with Gasteiger partial charge in [0.05, 0.1) is 7.11 Å². The average Bonchev–Trinajstić information content (AvgIpc) is 2.53. The summed E-state index contributed by atoms with van der Waals surface area (Å²) < 4.78 is 5.52. The van der Waals surface area contributed by atoms with Gasteiger partial charge in [0.25, 0.3) is 0 Å².